The van der Waals surface area contributed by atoms with Crippen LogP contribution in [0.3, 0.4) is 0 Å². The van der Waals surface area contributed by atoms with E-state index in [1.54, 1.807) is 21.3 Å². The fourth-order valence-electron chi connectivity index (χ4n) is 2.12. The third-order valence-electron chi connectivity index (χ3n) is 3.08. The molecule has 0 saturated carbocycles. The van der Waals surface area contributed by atoms with Crippen molar-refractivity contribution in [1.82, 2.24) is 0 Å². The summed E-state index contributed by atoms with van der Waals surface area (Å²) in [5.74, 6) is 4.84. The van der Waals surface area contributed by atoms with E-state index in [2.05, 4.69) is 28.8 Å². The van der Waals surface area contributed by atoms with Gasteiger partial charge in [-0.05, 0) is 34.3 Å². The summed E-state index contributed by atoms with van der Waals surface area (Å²) in [4.78, 5) is 0. The highest BCUT2D eigenvalue weighted by atomic mass is 79.9. The Bertz CT molecular complexity index is 477. The average molecular weight is 327 g/mol. The quantitative estimate of drug-likeness (QED) is 0.740. The second kappa shape index (κ2) is 7.30. The summed E-state index contributed by atoms with van der Waals surface area (Å²) in [5.41, 5.74) is 1.03. The first-order valence-electron chi connectivity index (χ1n) is 6.06. The summed E-state index contributed by atoms with van der Waals surface area (Å²) in [6.07, 6.45) is 7.03. The molecule has 104 valence electrons. The van der Waals surface area contributed by atoms with E-state index < -0.39 is 0 Å². The van der Waals surface area contributed by atoms with Crippen molar-refractivity contribution in [3.05, 3.63) is 16.1 Å². The maximum absolute atomic E-state index is 5.50. The minimum absolute atomic E-state index is 0.232. The molecule has 1 aromatic carbocycles. The molecule has 1 unspecified atom stereocenters. The fraction of sp³-hybridized carbons (Fsp3) is 0.467. The highest BCUT2D eigenvalue weighted by molar-refractivity contribution is 9.10. The highest BCUT2D eigenvalue weighted by Crippen LogP contribution is 2.48. The SMILES string of the molecule is C#CCC(CC)c1cc(Br)c(OC)c(OC)c1OC. The van der Waals surface area contributed by atoms with Gasteiger partial charge in [0.05, 0.1) is 25.8 Å². The molecule has 19 heavy (non-hydrogen) atoms. The molecule has 0 aliphatic rings. The smallest absolute Gasteiger partial charge is 0.204 e. The summed E-state index contributed by atoms with van der Waals surface area (Å²) in [6.45, 7) is 2.10. The van der Waals surface area contributed by atoms with Crippen molar-refractivity contribution in [3.8, 4) is 29.6 Å². The highest BCUT2D eigenvalue weighted by Gasteiger charge is 2.23. The zero-order valence-corrected chi connectivity index (χ0v) is 13.3. The maximum atomic E-state index is 5.50. The molecule has 0 spiro atoms. The molecule has 4 heteroatoms. The van der Waals surface area contributed by atoms with Crippen LogP contribution >= 0.6 is 15.9 Å². The largest absolute Gasteiger partial charge is 0.492 e. The molecule has 0 aromatic heterocycles. The van der Waals surface area contributed by atoms with Gasteiger partial charge in [0.2, 0.25) is 5.75 Å². The first-order valence-corrected chi connectivity index (χ1v) is 6.85. The van der Waals surface area contributed by atoms with Crippen LogP contribution in [-0.4, -0.2) is 21.3 Å². The number of hydrogen-bond donors (Lipinski definition) is 0. The Morgan fingerprint density at radius 1 is 1.16 bits per heavy atom. The van der Waals surface area contributed by atoms with Gasteiger partial charge < -0.3 is 14.2 Å². The van der Waals surface area contributed by atoms with Gasteiger partial charge in [-0.15, -0.1) is 12.3 Å². The van der Waals surface area contributed by atoms with Crippen LogP contribution in [0.1, 0.15) is 31.2 Å². The fourth-order valence-corrected chi connectivity index (χ4v) is 2.70. The third-order valence-corrected chi connectivity index (χ3v) is 3.67. The Hall–Kier alpha value is -1.34. The summed E-state index contributed by atoms with van der Waals surface area (Å²) < 4.78 is 17.1. The number of halogens is 1. The van der Waals surface area contributed by atoms with E-state index in [-0.39, 0.29) is 5.92 Å². The molecule has 0 aliphatic carbocycles. The summed E-state index contributed by atoms with van der Waals surface area (Å²) >= 11 is 3.50. The molecular weight excluding hydrogens is 308 g/mol. The first kappa shape index (κ1) is 15.7. The van der Waals surface area contributed by atoms with E-state index in [0.29, 0.717) is 23.7 Å². The molecule has 0 heterocycles. The average Bonchev–Trinajstić information content (AvgIpc) is 2.43. The van der Waals surface area contributed by atoms with Gasteiger partial charge >= 0.3 is 0 Å². The minimum Gasteiger partial charge on any atom is -0.492 e. The molecule has 0 radical (unpaired) electrons. The van der Waals surface area contributed by atoms with Gasteiger partial charge in [-0.2, -0.15) is 0 Å². The number of terminal acetylenes is 1. The lowest BCUT2D eigenvalue weighted by Crippen LogP contribution is -2.04. The van der Waals surface area contributed by atoms with Crippen molar-refractivity contribution < 1.29 is 14.2 Å². The summed E-state index contributed by atoms with van der Waals surface area (Å²) in [6, 6.07) is 1.99. The van der Waals surface area contributed by atoms with Gasteiger partial charge in [0, 0.05) is 12.0 Å². The maximum Gasteiger partial charge on any atom is 0.204 e. The van der Waals surface area contributed by atoms with E-state index in [1.807, 2.05) is 6.07 Å². The van der Waals surface area contributed by atoms with Gasteiger partial charge in [-0.1, -0.05) is 6.92 Å². The Labute approximate surface area is 123 Å². The van der Waals surface area contributed by atoms with Gasteiger partial charge in [-0.3, -0.25) is 0 Å². The van der Waals surface area contributed by atoms with Crippen molar-refractivity contribution in [1.29, 1.82) is 0 Å². The van der Waals surface area contributed by atoms with Crippen molar-refractivity contribution in [2.45, 2.75) is 25.7 Å². The van der Waals surface area contributed by atoms with Crippen LogP contribution in [0.25, 0.3) is 0 Å². The van der Waals surface area contributed by atoms with Gasteiger partial charge in [-0.25, -0.2) is 0 Å². The van der Waals surface area contributed by atoms with Crippen LogP contribution in [0.5, 0.6) is 17.2 Å². The van der Waals surface area contributed by atoms with Crippen LogP contribution < -0.4 is 14.2 Å². The Kier molecular flexibility index (Phi) is 6.04. The predicted octanol–water partition coefficient (Wildman–Crippen LogP) is 3.99. The molecule has 0 aliphatic heterocycles. The zero-order chi connectivity index (χ0) is 14.4. The van der Waals surface area contributed by atoms with Crippen LogP contribution in [0.2, 0.25) is 0 Å². The molecule has 1 rings (SSSR count). The van der Waals surface area contributed by atoms with E-state index >= 15 is 0 Å². The molecule has 0 N–H and O–H groups in total. The summed E-state index contributed by atoms with van der Waals surface area (Å²) in [7, 11) is 4.82. The second-order valence-electron chi connectivity index (χ2n) is 4.06. The van der Waals surface area contributed by atoms with Gasteiger partial charge in [0.1, 0.15) is 0 Å². The Morgan fingerprint density at radius 3 is 2.16 bits per heavy atom. The number of benzene rings is 1. The topological polar surface area (TPSA) is 27.7 Å². The first-order chi connectivity index (χ1) is 9.14. The molecule has 0 saturated heterocycles. The molecule has 1 atom stereocenters. The Balaban J connectivity index is 3.48. The number of ether oxygens (including phenoxy) is 3. The molecule has 0 fully saturated rings. The van der Waals surface area contributed by atoms with E-state index in [9.17, 15) is 0 Å². The lowest BCUT2D eigenvalue weighted by molar-refractivity contribution is 0.319. The summed E-state index contributed by atoms with van der Waals surface area (Å²) in [5, 5.41) is 0. The number of methoxy groups -OCH3 is 3. The zero-order valence-electron chi connectivity index (χ0n) is 11.7. The monoisotopic (exact) mass is 326 g/mol. The standard InChI is InChI=1S/C15H19BrO3/c1-6-8-10(7-2)11-9-12(16)14(18-4)15(19-5)13(11)17-3/h1,9-10H,7-8H2,2-5H3. The molecule has 1 aromatic rings. The van der Waals surface area contributed by atoms with Crippen LogP contribution in [-0.2, 0) is 0 Å². The molecule has 0 amide bonds. The third kappa shape index (κ3) is 3.16. The molecule has 0 bridgehead atoms. The van der Waals surface area contributed by atoms with Crippen LogP contribution in [0.4, 0.5) is 0 Å². The second-order valence-corrected chi connectivity index (χ2v) is 4.92. The van der Waals surface area contributed by atoms with E-state index in [1.165, 1.54) is 0 Å². The lowest BCUT2D eigenvalue weighted by atomic mass is 9.92. The number of rotatable bonds is 6. The Morgan fingerprint density at radius 2 is 1.74 bits per heavy atom. The molecular formula is C15H19BrO3. The lowest BCUT2D eigenvalue weighted by Gasteiger charge is -2.21. The van der Waals surface area contributed by atoms with Gasteiger partial charge in [0.15, 0.2) is 11.5 Å². The van der Waals surface area contributed by atoms with Crippen LogP contribution in [0, 0.1) is 12.3 Å². The van der Waals surface area contributed by atoms with Crippen molar-refractivity contribution in [2.24, 2.45) is 0 Å². The van der Waals surface area contributed by atoms with E-state index in [0.717, 1.165) is 16.5 Å². The van der Waals surface area contributed by atoms with Crippen molar-refractivity contribution in [2.75, 3.05) is 21.3 Å². The normalized spacial score (nSPS) is 11.6. The minimum atomic E-state index is 0.232. The molecule has 3 nitrogen and oxygen atoms in total. The van der Waals surface area contributed by atoms with Crippen molar-refractivity contribution in [3.63, 3.8) is 0 Å². The van der Waals surface area contributed by atoms with Crippen LogP contribution in [0.15, 0.2) is 10.5 Å². The predicted molar refractivity (Wildman–Crippen MR) is 80.3 cm³/mol. The van der Waals surface area contributed by atoms with Crippen molar-refractivity contribution >= 4 is 15.9 Å². The number of hydrogen-bond acceptors (Lipinski definition) is 3. The van der Waals surface area contributed by atoms with E-state index in [4.69, 9.17) is 20.6 Å². The van der Waals surface area contributed by atoms with Gasteiger partial charge in [0.25, 0.3) is 0 Å².